The predicted molar refractivity (Wildman–Crippen MR) is 101 cm³/mol. The number of pyridine rings is 1. The van der Waals surface area contributed by atoms with Gasteiger partial charge in [-0.15, -0.1) is 0 Å². The van der Waals surface area contributed by atoms with Crippen molar-refractivity contribution in [2.45, 2.75) is 58.3 Å². The van der Waals surface area contributed by atoms with E-state index in [1.165, 1.54) is 0 Å². The Morgan fingerprint density at radius 1 is 1.21 bits per heavy atom. The fraction of sp³-hybridized carbons (Fsp3) is 0.550. The number of aromatic nitrogens is 1. The minimum atomic E-state index is -0.298. The molecule has 2 aliphatic rings. The summed E-state index contributed by atoms with van der Waals surface area (Å²) in [6.45, 7) is 11.4. The van der Waals surface area contributed by atoms with Crippen LogP contribution in [0, 0.1) is 0 Å². The molecule has 0 radical (unpaired) electrons. The maximum absolute atomic E-state index is 5.77. The number of ether oxygens (including phenoxy) is 2. The Labute approximate surface area is 146 Å². The Morgan fingerprint density at radius 3 is 2.46 bits per heavy atom. The molecule has 4 heteroatoms. The topological polar surface area (TPSA) is 43.4 Å². The summed E-state index contributed by atoms with van der Waals surface area (Å²) in [6, 6.07) is 2.49. The number of allylic oxidation sites excluding steroid dienone is 1. The molecule has 0 bridgehead atoms. The van der Waals surface area contributed by atoms with Gasteiger partial charge in [-0.1, -0.05) is 38.7 Å². The fourth-order valence-electron chi connectivity index (χ4n) is 3.25. The maximum atomic E-state index is 5.77. The predicted octanol–water partition coefficient (Wildman–Crippen LogP) is 4.88. The summed E-state index contributed by atoms with van der Waals surface area (Å²) in [5.74, 6) is 0.616. The van der Waals surface area contributed by atoms with Crippen LogP contribution in [0.25, 0.3) is 12.2 Å². The van der Waals surface area contributed by atoms with Gasteiger partial charge in [-0.3, -0.25) is 0 Å². The molecule has 0 aromatic carbocycles. The minimum Gasteiger partial charge on any atom is -0.367 e. The van der Waals surface area contributed by atoms with E-state index in [4.69, 9.17) is 9.47 Å². The first-order valence-corrected chi connectivity index (χ1v) is 9.04. The second-order valence-corrected chi connectivity index (χ2v) is 5.93. The van der Waals surface area contributed by atoms with Gasteiger partial charge >= 0.3 is 0 Å². The van der Waals surface area contributed by atoms with Gasteiger partial charge in [0, 0.05) is 25.1 Å². The molecule has 1 spiro atoms. The van der Waals surface area contributed by atoms with Crippen LogP contribution < -0.4 is 5.32 Å². The first-order valence-electron chi connectivity index (χ1n) is 9.04. The van der Waals surface area contributed by atoms with Crippen molar-refractivity contribution < 1.29 is 9.47 Å². The van der Waals surface area contributed by atoms with Crippen molar-refractivity contribution in [3.05, 3.63) is 36.0 Å². The molecule has 2 heterocycles. The van der Waals surface area contributed by atoms with Crippen LogP contribution in [0.2, 0.25) is 0 Å². The van der Waals surface area contributed by atoms with Gasteiger partial charge in [0.2, 0.25) is 0 Å². The fourth-order valence-corrected chi connectivity index (χ4v) is 3.25. The van der Waals surface area contributed by atoms with E-state index in [0.717, 1.165) is 55.8 Å². The zero-order chi connectivity index (χ0) is 17.4. The van der Waals surface area contributed by atoms with E-state index < -0.39 is 0 Å². The van der Waals surface area contributed by atoms with Crippen LogP contribution >= 0.6 is 0 Å². The van der Waals surface area contributed by atoms with Gasteiger partial charge in [0.05, 0.1) is 13.2 Å². The van der Waals surface area contributed by atoms with E-state index in [2.05, 4.69) is 22.9 Å². The van der Waals surface area contributed by atoms with Crippen molar-refractivity contribution in [2.75, 3.05) is 18.5 Å². The van der Waals surface area contributed by atoms with Gasteiger partial charge < -0.3 is 14.8 Å². The highest BCUT2D eigenvalue weighted by molar-refractivity contribution is 5.66. The second kappa shape index (κ2) is 9.00. The monoisotopic (exact) mass is 330 g/mol. The molecule has 1 saturated carbocycles. The molecule has 4 nitrogen and oxygen atoms in total. The van der Waals surface area contributed by atoms with E-state index in [0.29, 0.717) is 6.04 Å². The van der Waals surface area contributed by atoms with Gasteiger partial charge in [0.15, 0.2) is 5.79 Å². The summed E-state index contributed by atoms with van der Waals surface area (Å²) >= 11 is 0. The number of nitrogens with one attached hydrogen (secondary N) is 1. The Bertz CT molecular complexity index is 553. The first kappa shape index (κ1) is 18.7. The van der Waals surface area contributed by atoms with Crippen molar-refractivity contribution in [1.82, 2.24) is 4.98 Å². The molecule has 1 aromatic heterocycles. The maximum Gasteiger partial charge on any atom is 0.168 e. The highest BCUT2D eigenvalue weighted by atomic mass is 16.7. The van der Waals surface area contributed by atoms with Crippen LogP contribution in [0.4, 0.5) is 5.82 Å². The van der Waals surface area contributed by atoms with E-state index in [1.807, 2.05) is 45.2 Å². The molecule has 2 fully saturated rings. The number of nitrogens with zero attached hydrogens (tertiary/aromatic N) is 1. The molecule has 0 atom stereocenters. The van der Waals surface area contributed by atoms with Crippen LogP contribution in [-0.2, 0) is 9.47 Å². The third kappa shape index (κ3) is 4.46. The summed E-state index contributed by atoms with van der Waals surface area (Å²) in [7, 11) is 0. The lowest BCUT2D eigenvalue weighted by Crippen LogP contribution is -2.39. The smallest absolute Gasteiger partial charge is 0.168 e. The van der Waals surface area contributed by atoms with Crippen LogP contribution in [0.3, 0.4) is 0 Å². The highest BCUT2D eigenvalue weighted by Gasteiger charge is 2.40. The lowest BCUT2D eigenvalue weighted by Gasteiger charge is -2.35. The number of hydrogen-bond donors (Lipinski definition) is 1. The van der Waals surface area contributed by atoms with E-state index in [9.17, 15) is 0 Å². The Hall–Kier alpha value is -1.65. The van der Waals surface area contributed by atoms with Gasteiger partial charge in [-0.25, -0.2) is 4.98 Å². The van der Waals surface area contributed by atoms with Gasteiger partial charge in [0.1, 0.15) is 5.82 Å². The molecular weight excluding hydrogens is 300 g/mol. The van der Waals surface area contributed by atoms with E-state index >= 15 is 0 Å². The van der Waals surface area contributed by atoms with Gasteiger partial charge in [-0.05, 0) is 37.0 Å². The summed E-state index contributed by atoms with van der Waals surface area (Å²) in [5.41, 5.74) is 2.20. The second-order valence-electron chi connectivity index (χ2n) is 5.93. The molecule has 1 saturated heterocycles. The van der Waals surface area contributed by atoms with Crippen LogP contribution in [0.1, 0.15) is 57.6 Å². The molecule has 0 amide bonds. The van der Waals surface area contributed by atoms with Crippen LogP contribution in [-0.4, -0.2) is 30.0 Å². The summed E-state index contributed by atoms with van der Waals surface area (Å²) in [4.78, 5) is 4.52. The summed E-state index contributed by atoms with van der Waals surface area (Å²) in [6.07, 6.45) is 11.8. The SMILES string of the molecule is C=Cc1cc(NC2CCC3(CC2)OCCO3)ncc1/C=C\C.CC. The summed E-state index contributed by atoms with van der Waals surface area (Å²) < 4.78 is 11.5. The summed E-state index contributed by atoms with van der Waals surface area (Å²) in [5, 5.41) is 3.54. The number of rotatable bonds is 4. The average molecular weight is 330 g/mol. The Balaban J connectivity index is 0.00000100. The van der Waals surface area contributed by atoms with Crippen LogP contribution in [0.15, 0.2) is 24.9 Å². The zero-order valence-electron chi connectivity index (χ0n) is 15.2. The molecule has 3 rings (SSSR count). The van der Waals surface area contributed by atoms with Crippen molar-refractivity contribution in [2.24, 2.45) is 0 Å². The quantitative estimate of drug-likeness (QED) is 0.854. The molecule has 1 aliphatic heterocycles. The number of anilines is 1. The van der Waals surface area contributed by atoms with Crippen LogP contribution in [0.5, 0.6) is 0 Å². The first-order chi connectivity index (χ1) is 11.7. The third-order valence-electron chi connectivity index (χ3n) is 4.45. The van der Waals surface area contributed by atoms with Gasteiger partial charge in [-0.2, -0.15) is 0 Å². The zero-order valence-corrected chi connectivity index (χ0v) is 15.2. The lowest BCUT2D eigenvalue weighted by atomic mass is 9.90. The number of hydrogen-bond acceptors (Lipinski definition) is 4. The Kier molecular flexibility index (Phi) is 7.00. The molecule has 1 N–H and O–H groups in total. The molecule has 24 heavy (non-hydrogen) atoms. The molecule has 0 unspecified atom stereocenters. The molecule has 132 valence electrons. The van der Waals surface area contributed by atoms with E-state index in [-0.39, 0.29) is 5.79 Å². The van der Waals surface area contributed by atoms with Crippen molar-refractivity contribution in [1.29, 1.82) is 0 Å². The average Bonchev–Trinajstić information content (AvgIpc) is 3.08. The Morgan fingerprint density at radius 2 is 1.88 bits per heavy atom. The molecular formula is C20H30N2O2. The lowest BCUT2D eigenvalue weighted by molar-refractivity contribution is -0.177. The van der Waals surface area contributed by atoms with Gasteiger partial charge in [0.25, 0.3) is 0 Å². The molecule has 1 aromatic rings. The molecule has 1 aliphatic carbocycles. The highest BCUT2D eigenvalue weighted by Crippen LogP contribution is 2.36. The standard InChI is InChI=1S/C18H24N2O2.C2H6/c1-3-5-15-13-19-17(12-14(15)4-2)20-16-6-8-18(9-7-16)21-10-11-22-18;1-2/h3-5,12-13,16H,2,6-11H2,1H3,(H,19,20);1-2H3/b5-3-;. The minimum absolute atomic E-state index is 0.298. The normalized spacial score (nSPS) is 20.0. The van der Waals surface area contributed by atoms with Crippen molar-refractivity contribution in [3.8, 4) is 0 Å². The largest absolute Gasteiger partial charge is 0.367 e. The van der Waals surface area contributed by atoms with E-state index in [1.54, 1.807) is 0 Å². The third-order valence-corrected chi connectivity index (χ3v) is 4.45. The van der Waals surface area contributed by atoms with Crippen molar-refractivity contribution >= 4 is 18.0 Å². The van der Waals surface area contributed by atoms with Crippen molar-refractivity contribution in [3.63, 3.8) is 0 Å².